The maximum atomic E-state index is 13.0. The van der Waals surface area contributed by atoms with Gasteiger partial charge in [0.05, 0.1) is 7.11 Å². The van der Waals surface area contributed by atoms with Crippen LogP contribution in [-0.4, -0.2) is 18.8 Å². The number of carbonyl (C=O) groups excluding carboxylic acids is 2. The molecular formula is C22H20ClNO3. The van der Waals surface area contributed by atoms with Crippen molar-refractivity contribution >= 4 is 23.3 Å². The molecule has 5 heteroatoms. The van der Waals surface area contributed by atoms with E-state index in [1.807, 2.05) is 42.5 Å². The van der Waals surface area contributed by atoms with Crippen molar-refractivity contribution in [1.82, 2.24) is 5.32 Å². The molecule has 0 aromatic heterocycles. The summed E-state index contributed by atoms with van der Waals surface area (Å²) in [7, 11) is 1.63. The Morgan fingerprint density at radius 2 is 1.78 bits per heavy atom. The molecule has 1 heterocycles. The molecule has 138 valence electrons. The highest BCUT2D eigenvalue weighted by Crippen LogP contribution is 2.43. The molecule has 0 bridgehead atoms. The molecular weight excluding hydrogens is 362 g/mol. The van der Waals surface area contributed by atoms with Crippen LogP contribution >= 0.6 is 11.6 Å². The normalized spacial score (nSPS) is 22.3. The molecule has 1 aliphatic heterocycles. The molecule has 27 heavy (non-hydrogen) atoms. The molecule has 4 nitrogen and oxygen atoms in total. The molecule has 0 fully saturated rings. The van der Waals surface area contributed by atoms with Crippen LogP contribution in [0.2, 0.25) is 5.02 Å². The van der Waals surface area contributed by atoms with Crippen molar-refractivity contribution in [2.45, 2.75) is 31.1 Å². The van der Waals surface area contributed by atoms with Crippen LogP contribution < -0.4 is 10.1 Å². The van der Waals surface area contributed by atoms with Crippen LogP contribution in [0.3, 0.4) is 0 Å². The van der Waals surface area contributed by atoms with Gasteiger partial charge in [0, 0.05) is 35.1 Å². The zero-order chi connectivity index (χ0) is 19.0. The molecule has 1 N–H and O–H groups in total. The van der Waals surface area contributed by atoms with Gasteiger partial charge in [-0.1, -0.05) is 35.9 Å². The van der Waals surface area contributed by atoms with E-state index in [1.54, 1.807) is 13.2 Å². The van der Waals surface area contributed by atoms with Gasteiger partial charge < -0.3 is 10.1 Å². The minimum absolute atomic E-state index is 0.0538. The first-order valence-corrected chi connectivity index (χ1v) is 9.38. The van der Waals surface area contributed by atoms with Crippen molar-refractivity contribution in [2.75, 3.05) is 7.11 Å². The Bertz CT molecular complexity index is 933. The molecule has 2 atom stereocenters. The Kier molecular flexibility index (Phi) is 4.75. The summed E-state index contributed by atoms with van der Waals surface area (Å²) in [5.74, 6) is 0.661. The number of benzene rings is 2. The van der Waals surface area contributed by atoms with E-state index >= 15 is 0 Å². The van der Waals surface area contributed by atoms with E-state index in [2.05, 4.69) is 5.32 Å². The zero-order valence-corrected chi connectivity index (χ0v) is 15.8. The molecule has 1 aliphatic carbocycles. The number of ether oxygens (including phenoxy) is 1. The van der Waals surface area contributed by atoms with E-state index in [1.165, 1.54) is 0 Å². The first-order valence-electron chi connectivity index (χ1n) is 9.00. The molecule has 2 aromatic carbocycles. The van der Waals surface area contributed by atoms with Crippen molar-refractivity contribution in [2.24, 2.45) is 0 Å². The number of rotatable bonds is 3. The van der Waals surface area contributed by atoms with Crippen LogP contribution in [0.25, 0.3) is 0 Å². The minimum atomic E-state index is -0.225. The number of ketones is 1. The molecule has 0 radical (unpaired) electrons. The van der Waals surface area contributed by atoms with Crippen LogP contribution in [0, 0.1) is 0 Å². The molecule has 0 saturated heterocycles. The fourth-order valence-corrected chi connectivity index (χ4v) is 4.28. The van der Waals surface area contributed by atoms with Crippen LogP contribution in [-0.2, 0) is 9.59 Å². The van der Waals surface area contributed by atoms with Gasteiger partial charge >= 0.3 is 0 Å². The quantitative estimate of drug-likeness (QED) is 0.859. The number of halogens is 1. The van der Waals surface area contributed by atoms with Crippen molar-refractivity contribution in [1.29, 1.82) is 0 Å². The van der Waals surface area contributed by atoms with E-state index in [0.29, 0.717) is 17.9 Å². The highest BCUT2D eigenvalue weighted by molar-refractivity contribution is 6.30. The van der Waals surface area contributed by atoms with Crippen LogP contribution in [0.4, 0.5) is 0 Å². The van der Waals surface area contributed by atoms with Gasteiger partial charge in [-0.15, -0.1) is 0 Å². The topological polar surface area (TPSA) is 55.4 Å². The van der Waals surface area contributed by atoms with Crippen molar-refractivity contribution in [3.63, 3.8) is 0 Å². The van der Waals surface area contributed by atoms with Gasteiger partial charge in [-0.25, -0.2) is 0 Å². The monoisotopic (exact) mass is 381 g/mol. The molecule has 4 rings (SSSR count). The Hall–Kier alpha value is -2.59. The lowest BCUT2D eigenvalue weighted by atomic mass is 9.73. The maximum Gasteiger partial charge on any atom is 0.225 e. The van der Waals surface area contributed by atoms with Crippen LogP contribution in [0.15, 0.2) is 59.8 Å². The lowest BCUT2D eigenvalue weighted by Gasteiger charge is -2.34. The molecule has 1 amide bonds. The van der Waals surface area contributed by atoms with Gasteiger partial charge in [-0.2, -0.15) is 0 Å². The average molecular weight is 382 g/mol. The smallest absolute Gasteiger partial charge is 0.225 e. The second-order valence-electron chi connectivity index (χ2n) is 7.05. The second kappa shape index (κ2) is 7.20. The number of methoxy groups -OCH3 is 1. The number of carbonyl (C=O) groups is 2. The molecule has 2 aliphatic rings. The van der Waals surface area contributed by atoms with Crippen molar-refractivity contribution in [3.05, 3.63) is 76.0 Å². The summed E-state index contributed by atoms with van der Waals surface area (Å²) in [6.07, 6.45) is 1.37. The summed E-state index contributed by atoms with van der Waals surface area (Å²) in [6.45, 7) is 0. The Balaban J connectivity index is 1.68. The third kappa shape index (κ3) is 3.50. The van der Waals surface area contributed by atoms with Gasteiger partial charge in [0.2, 0.25) is 5.91 Å². The molecule has 0 saturated carbocycles. The zero-order valence-electron chi connectivity index (χ0n) is 15.0. The van der Waals surface area contributed by atoms with E-state index in [9.17, 15) is 9.59 Å². The summed E-state index contributed by atoms with van der Waals surface area (Å²) in [6, 6.07) is 15.2. The fourth-order valence-electron chi connectivity index (χ4n) is 4.08. The third-order valence-electron chi connectivity index (χ3n) is 5.37. The Morgan fingerprint density at radius 3 is 2.48 bits per heavy atom. The number of amides is 1. The van der Waals surface area contributed by atoms with Gasteiger partial charge in [-0.05, 0) is 47.7 Å². The predicted molar refractivity (Wildman–Crippen MR) is 104 cm³/mol. The van der Waals surface area contributed by atoms with E-state index in [0.717, 1.165) is 28.1 Å². The van der Waals surface area contributed by atoms with Gasteiger partial charge in [-0.3, -0.25) is 9.59 Å². The SMILES string of the molecule is COc1ccc([C@@H]2CC(=O)C3=C(C2)NC(=O)C[C@H]3c2cccc(Cl)c2)cc1. The van der Waals surface area contributed by atoms with Crippen molar-refractivity contribution in [3.8, 4) is 5.75 Å². The fraction of sp³-hybridized carbons (Fsp3) is 0.273. The molecule has 0 spiro atoms. The predicted octanol–water partition coefficient (Wildman–Crippen LogP) is 4.35. The Morgan fingerprint density at radius 1 is 1.00 bits per heavy atom. The lowest BCUT2D eigenvalue weighted by molar-refractivity contribution is -0.122. The third-order valence-corrected chi connectivity index (χ3v) is 5.61. The van der Waals surface area contributed by atoms with Gasteiger partial charge in [0.25, 0.3) is 0 Å². The summed E-state index contributed by atoms with van der Waals surface area (Å²) in [5.41, 5.74) is 3.49. The van der Waals surface area contributed by atoms with Crippen molar-refractivity contribution < 1.29 is 14.3 Å². The Labute approximate surface area is 163 Å². The molecule has 0 unspecified atom stereocenters. The maximum absolute atomic E-state index is 13.0. The second-order valence-corrected chi connectivity index (χ2v) is 7.49. The first-order chi connectivity index (χ1) is 13.0. The average Bonchev–Trinajstić information content (AvgIpc) is 2.67. The summed E-state index contributed by atoms with van der Waals surface area (Å²) in [4.78, 5) is 25.4. The lowest BCUT2D eigenvalue weighted by Crippen LogP contribution is -2.38. The van der Waals surface area contributed by atoms with E-state index in [-0.39, 0.29) is 29.9 Å². The van der Waals surface area contributed by atoms with Gasteiger partial charge in [0.15, 0.2) is 5.78 Å². The summed E-state index contributed by atoms with van der Waals surface area (Å²) in [5, 5.41) is 3.56. The highest BCUT2D eigenvalue weighted by Gasteiger charge is 2.38. The molecule has 2 aromatic rings. The number of hydrogen-bond donors (Lipinski definition) is 1. The van der Waals surface area contributed by atoms with Crippen LogP contribution in [0.1, 0.15) is 42.2 Å². The first kappa shape index (κ1) is 17.8. The van der Waals surface area contributed by atoms with E-state index in [4.69, 9.17) is 16.3 Å². The number of Topliss-reactive ketones (excluding diaryl/α,β-unsaturated/α-hetero) is 1. The number of allylic oxidation sites excluding steroid dienone is 2. The number of nitrogens with one attached hydrogen (secondary N) is 1. The highest BCUT2D eigenvalue weighted by atomic mass is 35.5. The van der Waals surface area contributed by atoms with Gasteiger partial charge in [0.1, 0.15) is 5.75 Å². The summed E-state index contributed by atoms with van der Waals surface area (Å²) < 4.78 is 5.21. The van der Waals surface area contributed by atoms with Crippen LogP contribution in [0.5, 0.6) is 5.75 Å². The summed E-state index contributed by atoms with van der Waals surface area (Å²) >= 11 is 6.13. The van der Waals surface area contributed by atoms with E-state index < -0.39 is 0 Å². The number of hydrogen-bond acceptors (Lipinski definition) is 3. The standard InChI is InChI=1S/C22H20ClNO3/c1-27-17-7-5-13(6-8-17)15-10-19-22(20(25)11-15)18(12-21(26)24-19)14-3-2-4-16(23)9-14/h2-9,15,18H,10-12H2,1H3,(H,24,26)/t15-,18-/m0/s1. The minimum Gasteiger partial charge on any atom is -0.497 e. The largest absolute Gasteiger partial charge is 0.497 e.